The van der Waals surface area contributed by atoms with Gasteiger partial charge in [0, 0.05) is 29.7 Å². The second-order valence-electron chi connectivity index (χ2n) is 10.2. The molecule has 2 atom stereocenters. The van der Waals surface area contributed by atoms with Crippen LogP contribution in [-0.4, -0.2) is 95.4 Å². The van der Waals surface area contributed by atoms with Gasteiger partial charge in [0.05, 0.1) is 17.8 Å². The van der Waals surface area contributed by atoms with Gasteiger partial charge in [-0.2, -0.15) is 13.2 Å². The Kier molecular flexibility index (Phi) is 8.21. The molecule has 0 spiro atoms. The van der Waals surface area contributed by atoms with Crippen LogP contribution < -0.4 is 5.69 Å². The Labute approximate surface area is 243 Å². The average molecular weight is 605 g/mol. The fraction of sp³-hybridized carbons (Fsp3) is 0.370. The van der Waals surface area contributed by atoms with Crippen LogP contribution in [0, 0.1) is 0 Å². The number of para-hydroxylation sites is 1. The quantitative estimate of drug-likeness (QED) is 0.329. The first-order valence-corrected chi connectivity index (χ1v) is 13.4. The average Bonchev–Trinajstić information content (AvgIpc) is 3.70. The molecule has 42 heavy (non-hydrogen) atoms. The summed E-state index contributed by atoms with van der Waals surface area (Å²) in [6.45, 7) is -0.0896. The molecule has 0 unspecified atom stereocenters. The van der Waals surface area contributed by atoms with Crippen LogP contribution >= 0.6 is 11.6 Å². The van der Waals surface area contributed by atoms with E-state index in [1.54, 1.807) is 29.2 Å². The van der Waals surface area contributed by atoms with E-state index >= 15 is 0 Å². The molecule has 1 saturated heterocycles. The molecule has 1 fully saturated rings. The van der Waals surface area contributed by atoms with E-state index in [-0.39, 0.29) is 30.1 Å². The Hall–Kier alpha value is -4.01. The van der Waals surface area contributed by atoms with Gasteiger partial charge in [-0.3, -0.25) is 9.36 Å². The van der Waals surface area contributed by atoms with Crippen molar-refractivity contribution < 1.29 is 23.1 Å². The van der Waals surface area contributed by atoms with Crippen molar-refractivity contribution in [3.05, 3.63) is 81.8 Å². The van der Waals surface area contributed by atoms with Gasteiger partial charge in [-0.15, -0.1) is 10.2 Å². The van der Waals surface area contributed by atoms with Crippen molar-refractivity contribution in [2.24, 2.45) is 0 Å². The number of benzene rings is 2. The number of hydrogen-bond donors (Lipinski definition) is 1. The summed E-state index contributed by atoms with van der Waals surface area (Å²) in [5.41, 5.74) is 0.358. The second-order valence-corrected chi connectivity index (χ2v) is 10.7. The molecule has 2 aromatic carbocycles. The lowest BCUT2D eigenvalue weighted by molar-refractivity contribution is -0.207. The van der Waals surface area contributed by atoms with E-state index in [2.05, 4.69) is 20.1 Å². The van der Waals surface area contributed by atoms with Crippen molar-refractivity contribution in [1.29, 1.82) is 0 Å². The predicted octanol–water partition coefficient (Wildman–Crippen LogP) is 2.69. The number of alkyl halides is 3. The number of carbonyl (C=O) groups excluding carboxylic acids is 1. The molecule has 4 aromatic rings. The summed E-state index contributed by atoms with van der Waals surface area (Å²) in [6, 6.07) is 13.3. The molecule has 0 saturated carbocycles. The minimum Gasteiger partial charge on any atom is -0.382 e. The summed E-state index contributed by atoms with van der Waals surface area (Å²) in [4.78, 5) is 34.7. The first-order valence-electron chi connectivity index (χ1n) is 13.1. The number of likely N-dealkylation sites (tertiary alicyclic amines) is 1. The molecule has 2 aromatic heterocycles. The zero-order valence-corrected chi connectivity index (χ0v) is 23.5. The Morgan fingerprint density at radius 1 is 1.14 bits per heavy atom. The number of hydrogen-bond acceptors (Lipinski definition) is 7. The molecule has 1 amide bonds. The highest BCUT2D eigenvalue weighted by atomic mass is 35.5. The second kappa shape index (κ2) is 11.7. The summed E-state index contributed by atoms with van der Waals surface area (Å²) in [7, 11) is 3.96. The lowest BCUT2D eigenvalue weighted by atomic mass is 10.1. The molecule has 1 N–H and O–H groups in total. The van der Waals surface area contributed by atoms with Gasteiger partial charge in [0.2, 0.25) is 0 Å². The van der Waals surface area contributed by atoms with Crippen LogP contribution in [0.25, 0.3) is 17.1 Å². The summed E-state index contributed by atoms with van der Waals surface area (Å²) in [5.74, 6) is -0.0911. The number of rotatable bonds is 8. The van der Waals surface area contributed by atoms with Crippen molar-refractivity contribution in [1.82, 2.24) is 38.9 Å². The van der Waals surface area contributed by atoms with E-state index in [0.717, 1.165) is 15.7 Å². The molecule has 1 aliphatic heterocycles. The minimum absolute atomic E-state index is 0.0861. The maximum atomic E-state index is 13.4. The van der Waals surface area contributed by atoms with Gasteiger partial charge in [-0.1, -0.05) is 23.7 Å². The fourth-order valence-corrected chi connectivity index (χ4v) is 4.92. The maximum Gasteiger partial charge on any atom is 0.416 e. The van der Waals surface area contributed by atoms with E-state index in [1.807, 2.05) is 14.1 Å². The van der Waals surface area contributed by atoms with Crippen LogP contribution in [-0.2, 0) is 13.1 Å². The zero-order chi connectivity index (χ0) is 30.2. The molecule has 15 heteroatoms. The number of carbonyl (C=O) groups is 1. The number of amides is 1. The summed E-state index contributed by atoms with van der Waals surface area (Å²) < 4.78 is 42.5. The lowest BCUT2D eigenvalue weighted by Gasteiger charge is -2.21. The lowest BCUT2D eigenvalue weighted by Crippen LogP contribution is -2.37. The van der Waals surface area contributed by atoms with Crippen molar-refractivity contribution >= 4 is 17.5 Å². The van der Waals surface area contributed by atoms with Crippen molar-refractivity contribution in [2.75, 3.05) is 27.2 Å². The Bertz CT molecular complexity index is 1630. The number of halogens is 4. The minimum atomic E-state index is -4.94. The molecule has 0 radical (unpaired) electrons. The Morgan fingerprint density at radius 3 is 2.52 bits per heavy atom. The molecule has 0 bridgehead atoms. The SMILES string of the molecule is CN(C)[C@@H]1CCN(C(=O)c2ccccc2-n2cnc(Cn3nc(-c4ccc(Cl)cc4)n(C[C@H](O)C(F)(F)F)c3=O)n2)C1. The van der Waals surface area contributed by atoms with Gasteiger partial charge in [0.25, 0.3) is 5.91 Å². The molecule has 3 heterocycles. The van der Waals surface area contributed by atoms with Crippen LogP contribution in [0.15, 0.2) is 59.7 Å². The third kappa shape index (κ3) is 6.10. The van der Waals surface area contributed by atoms with E-state index in [9.17, 15) is 27.9 Å². The number of likely N-dealkylation sites (N-methyl/N-ethyl adjacent to an activating group) is 1. The van der Waals surface area contributed by atoms with Crippen LogP contribution in [0.5, 0.6) is 0 Å². The smallest absolute Gasteiger partial charge is 0.382 e. The molecule has 222 valence electrons. The number of nitrogens with zero attached hydrogens (tertiary/aromatic N) is 8. The molecule has 11 nitrogen and oxygen atoms in total. The summed E-state index contributed by atoms with van der Waals surface area (Å²) in [6.07, 6.45) is -5.46. The van der Waals surface area contributed by atoms with Crippen molar-refractivity contribution in [3.8, 4) is 17.1 Å². The molecular formula is C27H28ClF3N8O3. The van der Waals surface area contributed by atoms with Gasteiger partial charge < -0.3 is 14.9 Å². The molecule has 1 aliphatic rings. The number of aliphatic hydroxyl groups is 1. The normalized spacial score (nSPS) is 16.4. The van der Waals surface area contributed by atoms with Gasteiger partial charge in [-0.25, -0.2) is 19.1 Å². The van der Waals surface area contributed by atoms with Crippen molar-refractivity contribution in [2.45, 2.75) is 37.8 Å². The predicted molar refractivity (Wildman–Crippen MR) is 147 cm³/mol. The number of aliphatic hydroxyl groups excluding tert-OH is 1. The van der Waals surface area contributed by atoms with Gasteiger partial charge >= 0.3 is 11.9 Å². The molecule has 0 aliphatic carbocycles. The monoisotopic (exact) mass is 604 g/mol. The van der Waals surface area contributed by atoms with Crippen LogP contribution in [0.2, 0.25) is 5.02 Å². The summed E-state index contributed by atoms with van der Waals surface area (Å²) >= 11 is 5.94. The molecular weight excluding hydrogens is 577 g/mol. The topological polar surface area (TPSA) is 114 Å². The van der Waals surface area contributed by atoms with Crippen molar-refractivity contribution in [3.63, 3.8) is 0 Å². The first-order chi connectivity index (χ1) is 19.9. The highest BCUT2D eigenvalue weighted by Crippen LogP contribution is 2.25. The van der Waals surface area contributed by atoms with Crippen LogP contribution in [0.1, 0.15) is 22.6 Å². The number of aromatic nitrogens is 6. The first kappa shape index (κ1) is 29.5. The van der Waals surface area contributed by atoms with Gasteiger partial charge in [0.15, 0.2) is 17.8 Å². The highest BCUT2D eigenvalue weighted by molar-refractivity contribution is 6.30. The zero-order valence-electron chi connectivity index (χ0n) is 22.7. The van der Waals surface area contributed by atoms with Crippen LogP contribution in [0.3, 0.4) is 0 Å². The maximum absolute atomic E-state index is 13.4. The third-order valence-corrected chi connectivity index (χ3v) is 7.40. The van der Waals surface area contributed by atoms with Gasteiger partial charge in [-0.05, 0) is 56.9 Å². The van der Waals surface area contributed by atoms with E-state index in [1.165, 1.54) is 35.3 Å². The van der Waals surface area contributed by atoms with Crippen LogP contribution in [0.4, 0.5) is 13.2 Å². The Balaban J connectivity index is 1.43. The van der Waals surface area contributed by atoms with E-state index in [0.29, 0.717) is 34.9 Å². The van der Waals surface area contributed by atoms with Gasteiger partial charge in [0.1, 0.15) is 12.9 Å². The Morgan fingerprint density at radius 2 is 1.86 bits per heavy atom. The third-order valence-electron chi connectivity index (χ3n) is 7.15. The highest BCUT2D eigenvalue weighted by Gasteiger charge is 2.39. The van der Waals surface area contributed by atoms with E-state index in [4.69, 9.17) is 11.6 Å². The largest absolute Gasteiger partial charge is 0.416 e. The summed E-state index contributed by atoms with van der Waals surface area (Å²) in [5, 5.41) is 18.7. The van der Waals surface area contributed by atoms with E-state index < -0.39 is 24.5 Å². The fourth-order valence-electron chi connectivity index (χ4n) is 4.79. The standard InChI is InChI=1S/C27H28ClF3N8O3/c1-35(2)19-11-12-36(13-19)25(41)20-5-3-4-6-21(20)39-16-32-23(33-39)15-38-26(42)37(14-22(40)27(29,30)31)24(34-38)17-7-9-18(28)10-8-17/h3-10,16,19,22,40H,11-15H2,1-2H3/t19-,22+/m1/s1. The molecule has 5 rings (SSSR count).